The van der Waals surface area contributed by atoms with Gasteiger partial charge >= 0.3 is 6.01 Å². The van der Waals surface area contributed by atoms with Crippen LogP contribution in [0.4, 0.5) is 19.0 Å². The third kappa shape index (κ3) is 5.59. The van der Waals surface area contributed by atoms with Gasteiger partial charge in [0, 0.05) is 67.9 Å². The van der Waals surface area contributed by atoms with Crippen LogP contribution < -0.4 is 9.64 Å². The van der Waals surface area contributed by atoms with Crippen LogP contribution in [0.3, 0.4) is 0 Å². The zero-order chi connectivity index (χ0) is 34.4. The molecular formula is C37H32F3N7O3. The number of oxazole rings is 1. The average molecular weight is 680 g/mol. The lowest BCUT2D eigenvalue weighted by atomic mass is 9.95. The summed E-state index contributed by atoms with van der Waals surface area (Å²) >= 11 is 0. The predicted octanol–water partition coefficient (Wildman–Crippen LogP) is 5.57. The molecule has 2 aromatic carbocycles. The van der Waals surface area contributed by atoms with Crippen LogP contribution in [0.1, 0.15) is 30.7 Å². The maximum Gasteiger partial charge on any atom is 0.319 e. The lowest BCUT2D eigenvalue weighted by molar-refractivity contribution is -0.128. The highest BCUT2D eigenvalue weighted by Gasteiger charge is 2.49. The summed E-state index contributed by atoms with van der Waals surface area (Å²) in [4.78, 5) is 35.9. The summed E-state index contributed by atoms with van der Waals surface area (Å²) < 4.78 is 57.3. The van der Waals surface area contributed by atoms with Crippen LogP contribution in [-0.2, 0) is 4.79 Å². The molecule has 0 aliphatic carbocycles. The molecular weight excluding hydrogens is 647 g/mol. The number of hydrogen-bond acceptors (Lipinski definition) is 9. The van der Waals surface area contributed by atoms with Crippen LogP contribution in [-0.4, -0.2) is 93.2 Å². The monoisotopic (exact) mass is 679 g/mol. The van der Waals surface area contributed by atoms with E-state index in [1.165, 1.54) is 23.6 Å². The summed E-state index contributed by atoms with van der Waals surface area (Å²) in [5.41, 5.74) is 0.726. The first-order valence-electron chi connectivity index (χ1n) is 16.5. The van der Waals surface area contributed by atoms with Gasteiger partial charge in [-0.25, -0.2) is 18.2 Å². The second-order valence-electron chi connectivity index (χ2n) is 12.9. The number of halogens is 3. The molecule has 5 aromatic rings. The van der Waals surface area contributed by atoms with Gasteiger partial charge in [0.1, 0.15) is 36.1 Å². The molecule has 3 aliphatic rings. The van der Waals surface area contributed by atoms with Crippen molar-refractivity contribution in [3.05, 3.63) is 78.2 Å². The zero-order valence-electron chi connectivity index (χ0n) is 27.0. The number of terminal acetylenes is 1. The molecule has 6 heterocycles. The fraction of sp³-hybridized carbons (Fsp3) is 0.324. The van der Waals surface area contributed by atoms with Gasteiger partial charge in [-0.15, -0.1) is 6.42 Å². The van der Waals surface area contributed by atoms with Crippen LogP contribution in [0, 0.1) is 18.2 Å². The van der Waals surface area contributed by atoms with E-state index in [1.54, 1.807) is 12.1 Å². The summed E-state index contributed by atoms with van der Waals surface area (Å²) in [6, 6.07) is 11.0. The maximum absolute atomic E-state index is 16.8. The second kappa shape index (κ2) is 12.8. The molecule has 3 aromatic heterocycles. The number of alkyl halides is 1. The minimum atomic E-state index is -0.993. The zero-order valence-corrected chi connectivity index (χ0v) is 27.0. The summed E-state index contributed by atoms with van der Waals surface area (Å²) in [6.07, 6.45) is 12.1. The van der Waals surface area contributed by atoms with Crippen molar-refractivity contribution in [3.63, 3.8) is 0 Å². The van der Waals surface area contributed by atoms with E-state index < -0.39 is 29.3 Å². The van der Waals surface area contributed by atoms with Crippen LogP contribution in [0.25, 0.3) is 39.0 Å². The Hall–Kier alpha value is -5.48. The second-order valence-corrected chi connectivity index (χ2v) is 12.9. The van der Waals surface area contributed by atoms with E-state index in [-0.39, 0.29) is 55.9 Å². The fourth-order valence-electron chi connectivity index (χ4n) is 7.57. The Morgan fingerprint density at radius 3 is 2.72 bits per heavy atom. The molecule has 0 N–H and O–H groups in total. The Bertz CT molecular complexity index is 2170. The van der Waals surface area contributed by atoms with E-state index in [0.717, 1.165) is 30.8 Å². The molecule has 10 nitrogen and oxygen atoms in total. The summed E-state index contributed by atoms with van der Waals surface area (Å²) in [7, 11) is 0. The van der Waals surface area contributed by atoms with Crippen LogP contribution in [0.2, 0.25) is 0 Å². The fourth-order valence-corrected chi connectivity index (χ4v) is 7.57. The molecule has 0 radical (unpaired) electrons. The number of carbonyl (C=O) groups excluding carboxylic acids is 1. The smallest absolute Gasteiger partial charge is 0.319 e. The topological polar surface area (TPSA) is 101 Å². The highest BCUT2D eigenvalue weighted by molar-refractivity contribution is 6.02. The summed E-state index contributed by atoms with van der Waals surface area (Å²) in [6.45, 7) is 2.18. The minimum Gasteiger partial charge on any atom is -0.461 e. The Balaban J connectivity index is 1.16. The molecule has 0 bridgehead atoms. The van der Waals surface area contributed by atoms with Gasteiger partial charge < -0.3 is 19.0 Å². The van der Waals surface area contributed by atoms with Gasteiger partial charge in [0.05, 0.1) is 17.1 Å². The number of hydrogen-bond donors (Lipinski definition) is 0. The molecule has 3 fully saturated rings. The Kier molecular flexibility index (Phi) is 8.11. The van der Waals surface area contributed by atoms with Crippen LogP contribution >= 0.6 is 0 Å². The van der Waals surface area contributed by atoms with E-state index in [9.17, 15) is 13.6 Å². The van der Waals surface area contributed by atoms with E-state index >= 15 is 4.39 Å². The Morgan fingerprint density at radius 1 is 1.12 bits per heavy atom. The molecule has 1 amide bonds. The average Bonchev–Trinajstić information content (AvgIpc) is 3.86. The van der Waals surface area contributed by atoms with E-state index in [4.69, 9.17) is 20.6 Å². The minimum absolute atomic E-state index is 0.000749. The first-order valence-corrected chi connectivity index (χ1v) is 16.5. The standard InChI is InChI=1S/C37H32F3N7O3/c1-2-23-6-3-7-24-8-4-9-26(30(23)24)32-31(40)33-27(20-42-32)34(44-36(43-33)50-22-37-10-5-12-47(37)21-25(38)19-37)45-13-15-46(16-14-45)35(48)28(39)18-29-41-11-17-49-29/h1,3-4,6-9,11,17-18,20,25H,5,10,12-16,19,21-22H2/b28-18-/t25-,37+/m1/s1. The predicted molar refractivity (Wildman–Crippen MR) is 181 cm³/mol. The molecule has 50 heavy (non-hydrogen) atoms. The van der Waals surface area contributed by atoms with Crippen molar-refractivity contribution in [2.45, 2.75) is 31.0 Å². The highest BCUT2D eigenvalue weighted by atomic mass is 19.1. The van der Waals surface area contributed by atoms with Crippen molar-refractivity contribution in [2.24, 2.45) is 0 Å². The molecule has 254 valence electrons. The Labute approximate surface area is 285 Å². The number of ether oxygens (including phenoxy) is 1. The molecule has 0 spiro atoms. The molecule has 3 saturated heterocycles. The first kappa shape index (κ1) is 31.8. The van der Waals surface area contributed by atoms with Crippen LogP contribution in [0.5, 0.6) is 6.01 Å². The van der Waals surface area contributed by atoms with Gasteiger partial charge in [-0.2, -0.15) is 9.97 Å². The number of pyridine rings is 1. The normalized spacial score (nSPS) is 21.2. The third-order valence-corrected chi connectivity index (χ3v) is 9.96. The van der Waals surface area contributed by atoms with Gasteiger partial charge in [-0.3, -0.25) is 14.7 Å². The van der Waals surface area contributed by atoms with Gasteiger partial charge in [0.15, 0.2) is 11.6 Å². The number of fused-ring (bicyclic) bond motifs is 3. The van der Waals surface area contributed by atoms with Crippen molar-refractivity contribution in [2.75, 3.05) is 50.8 Å². The van der Waals surface area contributed by atoms with Crippen molar-refractivity contribution in [1.82, 2.24) is 29.7 Å². The number of benzene rings is 2. The van der Waals surface area contributed by atoms with E-state index in [1.807, 2.05) is 29.2 Å². The van der Waals surface area contributed by atoms with Crippen molar-refractivity contribution < 1.29 is 27.1 Å². The first-order chi connectivity index (χ1) is 24.3. The molecule has 0 unspecified atom stereocenters. The summed E-state index contributed by atoms with van der Waals surface area (Å²) in [5.74, 6) is 0.591. The van der Waals surface area contributed by atoms with Crippen molar-refractivity contribution >= 4 is 39.5 Å². The number of aromatic nitrogens is 4. The number of amides is 1. The van der Waals surface area contributed by atoms with Gasteiger partial charge in [-0.05, 0) is 30.8 Å². The highest BCUT2D eigenvalue weighted by Crippen LogP contribution is 2.41. The van der Waals surface area contributed by atoms with E-state index in [0.29, 0.717) is 40.7 Å². The number of piperazine rings is 1. The van der Waals surface area contributed by atoms with Gasteiger partial charge in [-0.1, -0.05) is 36.3 Å². The lowest BCUT2D eigenvalue weighted by Gasteiger charge is -2.35. The van der Waals surface area contributed by atoms with Crippen LogP contribution in [0.15, 0.2) is 65.3 Å². The largest absolute Gasteiger partial charge is 0.461 e. The maximum atomic E-state index is 16.8. The van der Waals surface area contributed by atoms with Crippen molar-refractivity contribution in [1.29, 1.82) is 0 Å². The number of rotatable bonds is 7. The van der Waals surface area contributed by atoms with Gasteiger partial charge in [0.2, 0.25) is 5.89 Å². The number of carbonyl (C=O) groups is 1. The molecule has 0 saturated carbocycles. The third-order valence-electron chi connectivity index (χ3n) is 9.96. The van der Waals surface area contributed by atoms with Crippen molar-refractivity contribution in [3.8, 4) is 29.6 Å². The van der Waals surface area contributed by atoms with E-state index in [2.05, 4.69) is 25.8 Å². The molecule has 3 aliphatic heterocycles. The molecule has 13 heteroatoms. The lowest BCUT2D eigenvalue weighted by Crippen LogP contribution is -2.49. The number of nitrogens with zero attached hydrogens (tertiary/aromatic N) is 7. The molecule has 8 rings (SSSR count). The Morgan fingerprint density at radius 2 is 1.94 bits per heavy atom. The van der Waals surface area contributed by atoms with Gasteiger partial charge in [0.25, 0.3) is 5.91 Å². The molecule has 2 atom stereocenters. The summed E-state index contributed by atoms with van der Waals surface area (Å²) in [5, 5.41) is 1.88. The quantitative estimate of drug-likeness (QED) is 0.162. The SMILES string of the molecule is C#Cc1cccc2cccc(-c3ncc4c(N5CCN(C(=O)/C(F)=C/c6ncco6)CC5)nc(OC[C@@]56CCCN5C[C@H](F)C6)nc4c3F)c12. The number of anilines is 1.